The Morgan fingerprint density at radius 3 is 2.37 bits per heavy atom. The molecule has 3 rings (SSSR count). The van der Waals surface area contributed by atoms with E-state index in [9.17, 15) is 18.0 Å². The molecule has 2 aromatic rings. The van der Waals surface area contributed by atoms with Crippen LogP contribution in [-0.4, -0.2) is 44.7 Å². The summed E-state index contributed by atoms with van der Waals surface area (Å²) >= 11 is 5.91. The van der Waals surface area contributed by atoms with E-state index in [2.05, 4.69) is 10.6 Å². The highest BCUT2D eigenvalue weighted by Gasteiger charge is 2.27. The molecule has 30 heavy (non-hydrogen) atoms. The molecule has 1 saturated heterocycles. The number of hydrogen-bond donors (Lipinski definition) is 2. The number of nitrogens with zero attached hydrogens (tertiary/aromatic N) is 1. The molecule has 2 aromatic carbocycles. The standard InChI is InChI=1S/C20H22ClN3O5S/c1-29-18-9-6-15(21)12-17(18)23-20(26)19(25)22-13-14-4-7-16(8-5-14)30(27,28)24-10-2-3-11-24/h4-9,12H,2-3,10-11,13H2,1H3,(H,22,25)(H,23,26). The van der Waals surface area contributed by atoms with Crippen LogP contribution >= 0.6 is 11.6 Å². The summed E-state index contributed by atoms with van der Waals surface area (Å²) in [6, 6.07) is 10.9. The van der Waals surface area contributed by atoms with Gasteiger partial charge in [-0.15, -0.1) is 0 Å². The number of hydrogen-bond acceptors (Lipinski definition) is 5. The average Bonchev–Trinajstić information content (AvgIpc) is 3.28. The minimum atomic E-state index is -3.49. The lowest BCUT2D eigenvalue weighted by Gasteiger charge is -2.15. The normalized spacial score (nSPS) is 14.3. The maximum Gasteiger partial charge on any atom is 0.313 e. The Balaban J connectivity index is 1.58. The zero-order valence-electron chi connectivity index (χ0n) is 16.4. The summed E-state index contributed by atoms with van der Waals surface area (Å²) in [5.74, 6) is -1.34. The van der Waals surface area contributed by atoms with Gasteiger partial charge >= 0.3 is 11.8 Å². The fraction of sp³-hybridized carbons (Fsp3) is 0.300. The maximum atomic E-state index is 12.5. The molecule has 0 unspecified atom stereocenters. The zero-order valence-corrected chi connectivity index (χ0v) is 17.9. The van der Waals surface area contributed by atoms with Crippen LogP contribution in [0.4, 0.5) is 5.69 Å². The molecule has 1 fully saturated rings. The second-order valence-electron chi connectivity index (χ2n) is 6.74. The van der Waals surface area contributed by atoms with Crippen LogP contribution in [0.25, 0.3) is 0 Å². The first-order chi connectivity index (χ1) is 14.3. The smallest absolute Gasteiger partial charge is 0.313 e. The monoisotopic (exact) mass is 451 g/mol. The zero-order chi connectivity index (χ0) is 21.7. The van der Waals surface area contributed by atoms with Crippen LogP contribution in [0.3, 0.4) is 0 Å². The number of anilines is 1. The summed E-state index contributed by atoms with van der Waals surface area (Å²) in [4.78, 5) is 24.5. The van der Waals surface area contributed by atoms with Crippen LogP contribution in [0, 0.1) is 0 Å². The SMILES string of the molecule is COc1ccc(Cl)cc1NC(=O)C(=O)NCc1ccc(S(=O)(=O)N2CCCC2)cc1. The number of halogens is 1. The van der Waals surface area contributed by atoms with E-state index in [4.69, 9.17) is 16.3 Å². The first-order valence-corrected chi connectivity index (χ1v) is 11.1. The lowest BCUT2D eigenvalue weighted by molar-refractivity contribution is -0.136. The first-order valence-electron chi connectivity index (χ1n) is 9.33. The van der Waals surface area contributed by atoms with Gasteiger partial charge in [0.15, 0.2) is 0 Å². The van der Waals surface area contributed by atoms with Crippen molar-refractivity contribution in [2.24, 2.45) is 0 Å². The number of nitrogens with one attached hydrogen (secondary N) is 2. The molecule has 10 heteroatoms. The average molecular weight is 452 g/mol. The van der Waals surface area contributed by atoms with Gasteiger partial charge in [0.2, 0.25) is 10.0 Å². The molecular weight excluding hydrogens is 430 g/mol. The largest absolute Gasteiger partial charge is 0.495 e. The number of amides is 2. The number of carbonyl (C=O) groups excluding carboxylic acids is 2. The van der Waals surface area contributed by atoms with Gasteiger partial charge in [-0.25, -0.2) is 8.42 Å². The highest BCUT2D eigenvalue weighted by atomic mass is 35.5. The van der Waals surface area contributed by atoms with E-state index in [-0.39, 0.29) is 17.1 Å². The highest BCUT2D eigenvalue weighted by molar-refractivity contribution is 7.89. The van der Waals surface area contributed by atoms with Gasteiger partial charge in [0.1, 0.15) is 5.75 Å². The fourth-order valence-electron chi connectivity index (χ4n) is 3.08. The summed E-state index contributed by atoms with van der Waals surface area (Å²) in [5.41, 5.74) is 0.943. The van der Waals surface area contributed by atoms with Gasteiger partial charge in [0.05, 0.1) is 17.7 Å². The maximum absolute atomic E-state index is 12.5. The van der Waals surface area contributed by atoms with Gasteiger partial charge in [0.25, 0.3) is 0 Å². The molecule has 2 N–H and O–H groups in total. The van der Waals surface area contributed by atoms with Crippen molar-refractivity contribution in [3.63, 3.8) is 0 Å². The Bertz CT molecular complexity index is 1030. The molecule has 2 amide bonds. The Kier molecular flexibility index (Phi) is 6.96. The Morgan fingerprint density at radius 1 is 1.07 bits per heavy atom. The molecule has 0 saturated carbocycles. The minimum absolute atomic E-state index is 0.0724. The molecule has 0 bridgehead atoms. The molecule has 0 aliphatic carbocycles. The van der Waals surface area contributed by atoms with E-state index in [0.717, 1.165) is 12.8 Å². The van der Waals surface area contributed by atoms with E-state index in [0.29, 0.717) is 29.4 Å². The fourth-order valence-corrected chi connectivity index (χ4v) is 4.77. The van der Waals surface area contributed by atoms with Crippen molar-refractivity contribution in [1.82, 2.24) is 9.62 Å². The van der Waals surface area contributed by atoms with E-state index in [1.54, 1.807) is 24.3 Å². The second-order valence-corrected chi connectivity index (χ2v) is 9.11. The van der Waals surface area contributed by atoms with Crippen molar-refractivity contribution in [2.75, 3.05) is 25.5 Å². The Labute approximate surface area is 180 Å². The summed E-state index contributed by atoms with van der Waals surface area (Å²) in [7, 11) is -2.05. The van der Waals surface area contributed by atoms with Crippen molar-refractivity contribution >= 4 is 39.1 Å². The topological polar surface area (TPSA) is 105 Å². The lowest BCUT2D eigenvalue weighted by Crippen LogP contribution is -2.35. The number of ether oxygens (including phenoxy) is 1. The summed E-state index contributed by atoms with van der Waals surface area (Å²) in [5, 5.41) is 5.34. The van der Waals surface area contributed by atoms with E-state index < -0.39 is 21.8 Å². The molecule has 0 atom stereocenters. The lowest BCUT2D eigenvalue weighted by atomic mass is 10.2. The highest BCUT2D eigenvalue weighted by Crippen LogP contribution is 2.27. The predicted molar refractivity (Wildman–Crippen MR) is 113 cm³/mol. The second kappa shape index (κ2) is 9.46. The van der Waals surface area contributed by atoms with Crippen LogP contribution < -0.4 is 15.4 Å². The molecule has 0 radical (unpaired) electrons. The molecular formula is C20H22ClN3O5S. The first kappa shape index (κ1) is 22.1. The van der Waals surface area contributed by atoms with Crippen molar-refractivity contribution < 1.29 is 22.7 Å². The van der Waals surface area contributed by atoms with Crippen molar-refractivity contribution in [2.45, 2.75) is 24.3 Å². The van der Waals surface area contributed by atoms with Gasteiger partial charge in [-0.05, 0) is 48.7 Å². The Hall–Kier alpha value is -2.62. The quantitative estimate of drug-likeness (QED) is 0.656. The molecule has 0 aromatic heterocycles. The third kappa shape index (κ3) is 5.10. The van der Waals surface area contributed by atoms with Gasteiger partial charge in [-0.3, -0.25) is 9.59 Å². The molecule has 160 valence electrons. The third-order valence-electron chi connectivity index (χ3n) is 4.70. The van der Waals surface area contributed by atoms with Crippen LogP contribution in [0.5, 0.6) is 5.75 Å². The van der Waals surface area contributed by atoms with Crippen molar-refractivity contribution in [1.29, 1.82) is 0 Å². The predicted octanol–water partition coefficient (Wildman–Crippen LogP) is 2.39. The van der Waals surface area contributed by atoms with E-state index in [1.807, 2.05) is 0 Å². The van der Waals surface area contributed by atoms with E-state index >= 15 is 0 Å². The van der Waals surface area contributed by atoms with E-state index in [1.165, 1.54) is 29.6 Å². The van der Waals surface area contributed by atoms with Gasteiger partial charge in [-0.1, -0.05) is 23.7 Å². The van der Waals surface area contributed by atoms with Crippen LogP contribution in [0.2, 0.25) is 5.02 Å². The number of benzene rings is 2. The van der Waals surface area contributed by atoms with Crippen molar-refractivity contribution in [3.8, 4) is 5.75 Å². The van der Waals surface area contributed by atoms with Crippen molar-refractivity contribution in [3.05, 3.63) is 53.1 Å². The molecule has 1 aliphatic heterocycles. The minimum Gasteiger partial charge on any atom is -0.495 e. The molecule has 1 heterocycles. The van der Waals surface area contributed by atoms with Gasteiger partial charge < -0.3 is 15.4 Å². The number of carbonyl (C=O) groups is 2. The summed E-state index contributed by atoms with van der Waals surface area (Å²) in [6.45, 7) is 1.14. The van der Waals surface area contributed by atoms with Crippen LogP contribution in [0.1, 0.15) is 18.4 Å². The van der Waals surface area contributed by atoms with Crippen LogP contribution in [0.15, 0.2) is 47.4 Å². The summed E-state index contributed by atoms with van der Waals surface area (Å²) < 4.78 is 31.7. The molecule has 8 nitrogen and oxygen atoms in total. The molecule has 0 spiro atoms. The van der Waals surface area contributed by atoms with Gasteiger partial charge in [0, 0.05) is 24.7 Å². The number of rotatable bonds is 6. The summed E-state index contributed by atoms with van der Waals surface area (Å²) in [6.07, 6.45) is 1.74. The third-order valence-corrected chi connectivity index (χ3v) is 6.84. The number of methoxy groups -OCH3 is 1. The Morgan fingerprint density at radius 2 is 1.73 bits per heavy atom. The van der Waals surface area contributed by atoms with Gasteiger partial charge in [-0.2, -0.15) is 4.31 Å². The molecule has 1 aliphatic rings. The number of sulfonamides is 1. The van der Waals surface area contributed by atoms with Crippen LogP contribution in [-0.2, 0) is 26.2 Å².